The minimum absolute atomic E-state index is 0.0954. The van der Waals surface area contributed by atoms with Crippen molar-refractivity contribution < 1.29 is 17.9 Å². The van der Waals surface area contributed by atoms with Crippen LogP contribution in [-0.2, 0) is 21.9 Å². The zero-order valence-electron chi connectivity index (χ0n) is 18.0. The summed E-state index contributed by atoms with van der Waals surface area (Å²) in [6.07, 6.45) is 4.50. The number of methoxy groups -OCH3 is 1. The van der Waals surface area contributed by atoms with Gasteiger partial charge in [0.15, 0.2) is 0 Å². The zero-order valence-corrected chi connectivity index (χ0v) is 19.6. The fraction of sp³-hybridized carbons (Fsp3) is 0.364. The Labute approximate surface area is 191 Å². The molecule has 10 heteroatoms. The van der Waals surface area contributed by atoms with E-state index in [1.807, 2.05) is 42.1 Å². The van der Waals surface area contributed by atoms with E-state index in [2.05, 4.69) is 10.3 Å². The molecule has 1 amide bonds. The van der Waals surface area contributed by atoms with Crippen LogP contribution < -0.4 is 10.1 Å². The number of benzene rings is 1. The Kier molecular flexibility index (Phi) is 6.63. The quantitative estimate of drug-likeness (QED) is 0.568. The number of aromatic nitrogens is 2. The van der Waals surface area contributed by atoms with Crippen LogP contribution >= 0.6 is 11.3 Å². The highest BCUT2D eigenvalue weighted by molar-refractivity contribution is 7.91. The maximum atomic E-state index is 13.2. The number of ether oxygens (including phenoxy) is 1. The molecule has 1 atom stereocenters. The molecular formula is C22H26N4O4S2. The van der Waals surface area contributed by atoms with Gasteiger partial charge in [0, 0.05) is 38.4 Å². The number of piperidine rings is 1. The van der Waals surface area contributed by atoms with Gasteiger partial charge in [-0.15, -0.1) is 11.3 Å². The summed E-state index contributed by atoms with van der Waals surface area (Å²) in [5.74, 6) is 1.10. The normalized spacial score (nSPS) is 16.6. The van der Waals surface area contributed by atoms with Gasteiger partial charge >= 0.3 is 0 Å². The van der Waals surface area contributed by atoms with E-state index in [4.69, 9.17) is 4.74 Å². The van der Waals surface area contributed by atoms with Gasteiger partial charge < -0.3 is 14.6 Å². The molecule has 1 aliphatic rings. The van der Waals surface area contributed by atoms with Crippen molar-refractivity contribution in [3.63, 3.8) is 0 Å². The lowest BCUT2D eigenvalue weighted by molar-refractivity contribution is -0.126. The number of sulfonamides is 1. The number of rotatable bonds is 7. The second-order valence-corrected chi connectivity index (χ2v) is 10.8. The van der Waals surface area contributed by atoms with Crippen LogP contribution in [0.1, 0.15) is 30.3 Å². The molecule has 170 valence electrons. The average Bonchev–Trinajstić information content (AvgIpc) is 3.50. The highest BCUT2D eigenvalue weighted by atomic mass is 32.2. The molecule has 1 unspecified atom stereocenters. The summed E-state index contributed by atoms with van der Waals surface area (Å²) in [5, 5.41) is 4.89. The molecule has 0 saturated carbocycles. The van der Waals surface area contributed by atoms with Gasteiger partial charge in [0.1, 0.15) is 21.8 Å². The number of carbonyl (C=O) groups excluding carboxylic acids is 1. The number of carbonyl (C=O) groups is 1. The summed E-state index contributed by atoms with van der Waals surface area (Å²) in [5.41, 5.74) is 0.895. The van der Waals surface area contributed by atoms with Crippen LogP contribution in [0.5, 0.6) is 5.75 Å². The van der Waals surface area contributed by atoms with Crippen molar-refractivity contribution in [2.75, 3.05) is 20.2 Å². The number of aryl methyl sites for hydroxylation is 1. The molecule has 3 aromatic rings. The maximum Gasteiger partial charge on any atom is 0.252 e. The third-order valence-electron chi connectivity index (χ3n) is 5.77. The van der Waals surface area contributed by atoms with Crippen LogP contribution in [0.2, 0.25) is 0 Å². The third kappa shape index (κ3) is 4.57. The number of imidazole rings is 1. The lowest BCUT2D eigenvalue weighted by atomic mass is 9.96. The molecule has 1 aliphatic heterocycles. The van der Waals surface area contributed by atoms with Gasteiger partial charge in [-0.05, 0) is 42.0 Å². The first-order valence-electron chi connectivity index (χ1n) is 10.4. The van der Waals surface area contributed by atoms with E-state index in [0.29, 0.717) is 30.1 Å². The second kappa shape index (κ2) is 9.43. The smallest absolute Gasteiger partial charge is 0.252 e. The average molecular weight is 475 g/mol. The van der Waals surface area contributed by atoms with Gasteiger partial charge in [-0.3, -0.25) is 4.79 Å². The third-order valence-corrected chi connectivity index (χ3v) is 9.04. The van der Waals surface area contributed by atoms with Gasteiger partial charge in [-0.1, -0.05) is 18.2 Å². The molecule has 0 spiro atoms. The number of nitrogens with one attached hydrogen (secondary N) is 1. The van der Waals surface area contributed by atoms with E-state index in [-0.39, 0.29) is 11.8 Å². The minimum Gasteiger partial charge on any atom is -0.497 e. The van der Waals surface area contributed by atoms with E-state index < -0.39 is 16.1 Å². The highest BCUT2D eigenvalue weighted by Crippen LogP contribution is 2.28. The van der Waals surface area contributed by atoms with Gasteiger partial charge in [-0.2, -0.15) is 4.31 Å². The highest BCUT2D eigenvalue weighted by Gasteiger charge is 2.33. The Morgan fingerprint density at radius 2 is 1.94 bits per heavy atom. The molecule has 4 rings (SSSR count). The largest absolute Gasteiger partial charge is 0.497 e. The van der Waals surface area contributed by atoms with Crippen LogP contribution in [0.3, 0.4) is 0 Å². The molecular weight excluding hydrogens is 448 g/mol. The Balaban J connectivity index is 1.46. The number of hydrogen-bond acceptors (Lipinski definition) is 6. The Morgan fingerprint density at radius 1 is 1.22 bits per heavy atom. The van der Waals surface area contributed by atoms with Crippen LogP contribution in [0.15, 0.2) is 58.4 Å². The van der Waals surface area contributed by atoms with Crippen molar-refractivity contribution in [2.24, 2.45) is 13.0 Å². The number of thiophene rings is 1. The molecule has 1 N–H and O–H groups in total. The lowest BCUT2D eigenvalue weighted by Gasteiger charge is -2.31. The van der Waals surface area contributed by atoms with Gasteiger partial charge in [0.2, 0.25) is 5.91 Å². The summed E-state index contributed by atoms with van der Waals surface area (Å²) in [6, 6.07) is 10.5. The molecule has 1 aromatic carbocycles. The predicted molar refractivity (Wildman–Crippen MR) is 122 cm³/mol. The van der Waals surface area contributed by atoms with Crippen LogP contribution in [0.4, 0.5) is 0 Å². The minimum atomic E-state index is -3.49. The SMILES string of the molecule is COc1ccc(C(NC(=O)C2CCN(S(=O)(=O)c3cccs3)CC2)c2nccn2C)cc1. The van der Waals surface area contributed by atoms with E-state index in [9.17, 15) is 13.2 Å². The molecule has 8 nitrogen and oxygen atoms in total. The topological polar surface area (TPSA) is 93.5 Å². The number of hydrogen-bond donors (Lipinski definition) is 1. The van der Waals surface area contributed by atoms with Crippen molar-refractivity contribution in [3.05, 3.63) is 65.6 Å². The lowest BCUT2D eigenvalue weighted by Crippen LogP contribution is -2.44. The maximum absolute atomic E-state index is 13.2. The van der Waals surface area contributed by atoms with Crippen LogP contribution in [-0.4, -0.2) is 48.4 Å². The summed E-state index contributed by atoms with van der Waals surface area (Å²) in [4.78, 5) is 17.6. The molecule has 2 aromatic heterocycles. The van der Waals surface area contributed by atoms with Gasteiger partial charge in [-0.25, -0.2) is 13.4 Å². The number of amides is 1. The molecule has 1 fully saturated rings. The van der Waals surface area contributed by atoms with Crippen molar-refractivity contribution in [1.82, 2.24) is 19.2 Å². The molecule has 32 heavy (non-hydrogen) atoms. The molecule has 0 aliphatic carbocycles. The first-order chi connectivity index (χ1) is 15.4. The van der Waals surface area contributed by atoms with Crippen molar-refractivity contribution in [2.45, 2.75) is 23.1 Å². The first-order valence-corrected chi connectivity index (χ1v) is 12.7. The predicted octanol–water partition coefficient (Wildman–Crippen LogP) is 2.80. The molecule has 3 heterocycles. The summed E-state index contributed by atoms with van der Waals surface area (Å²) < 4.78 is 34.4. The Hall–Kier alpha value is -2.69. The monoisotopic (exact) mass is 474 g/mol. The van der Waals surface area contributed by atoms with Gasteiger partial charge in [0.25, 0.3) is 10.0 Å². The number of nitrogens with zero attached hydrogens (tertiary/aromatic N) is 3. The molecule has 0 bridgehead atoms. The van der Waals surface area contributed by atoms with E-state index >= 15 is 0 Å². The van der Waals surface area contributed by atoms with E-state index in [1.165, 1.54) is 15.6 Å². The first kappa shape index (κ1) is 22.5. The van der Waals surface area contributed by atoms with Crippen LogP contribution in [0, 0.1) is 5.92 Å². The summed E-state index contributed by atoms with van der Waals surface area (Å²) in [7, 11) is 0.0104. The van der Waals surface area contributed by atoms with E-state index in [1.54, 1.807) is 30.8 Å². The van der Waals surface area contributed by atoms with Crippen molar-refractivity contribution in [3.8, 4) is 5.75 Å². The zero-order chi connectivity index (χ0) is 22.7. The Bertz CT molecular complexity index is 1150. The molecule has 0 radical (unpaired) electrons. The van der Waals surface area contributed by atoms with E-state index in [0.717, 1.165) is 17.1 Å². The summed E-state index contributed by atoms with van der Waals surface area (Å²) in [6.45, 7) is 0.655. The second-order valence-electron chi connectivity index (χ2n) is 7.72. The van der Waals surface area contributed by atoms with Crippen LogP contribution in [0.25, 0.3) is 0 Å². The molecule has 1 saturated heterocycles. The fourth-order valence-electron chi connectivity index (χ4n) is 3.90. The standard InChI is InChI=1S/C22H26N4O4S2/c1-25-14-11-23-21(25)20(16-5-7-18(30-2)8-6-16)24-22(27)17-9-12-26(13-10-17)32(28,29)19-4-3-15-31-19/h3-8,11,14-15,17,20H,9-10,12-13H2,1-2H3,(H,24,27). The fourth-order valence-corrected chi connectivity index (χ4v) is 6.52. The Morgan fingerprint density at radius 3 is 2.50 bits per heavy atom. The van der Waals surface area contributed by atoms with Crippen molar-refractivity contribution >= 4 is 27.3 Å². The van der Waals surface area contributed by atoms with Gasteiger partial charge in [0.05, 0.1) is 7.11 Å². The summed E-state index contributed by atoms with van der Waals surface area (Å²) >= 11 is 1.21. The van der Waals surface area contributed by atoms with Crippen molar-refractivity contribution in [1.29, 1.82) is 0 Å².